The van der Waals surface area contributed by atoms with Gasteiger partial charge in [0, 0.05) is 32.1 Å². The fraction of sp³-hybridized carbons (Fsp3) is 0.500. The second-order valence-electron chi connectivity index (χ2n) is 3.88. The number of halogens is 1. The lowest BCUT2D eigenvalue weighted by Crippen LogP contribution is -2.43. The summed E-state index contributed by atoms with van der Waals surface area (Å²) in [6.07, 6.45) is 2.95. The first-order valence-electron chi connectivity index (χ1n) is 5.13. The lowest BCUT2D eigenvalue weighted by atomic mass is 10.1. The maximum Gasteiger partial charge on any atom is 0.222 e. The number of rotatable bonds is 2. The van der Waals surface area contributed by atoms with E-state index in [1.54, 1.807) is 4.90 Å². The normalized spacial score (nSPS) is 21.0. The predicted octanol–water partition coefficient (Wildman–Crippen LogP) is 1.27. The maximum absolute atomic E-state index is 11.3. The number of carbonyl (C=O) groups excluding carboxylic acids is 1. The summed E-state index contributed by atoms with van der Waals surface area (Å²) in [5.41, 5.74) is 0. The molecule has 0 spiro atoms. The van der Waals surface area contributed by atoms with E-state index in [0.717, 1.165) is 23.4 Å². The van der Waals surface area contributed by atoms with Gasteiger partial charge in [0.25, 0.3) is 0 Å². The van der Waals surface area contributed by atoms with Crippen molar-refractivity contribution in [1.82, 2.24) is 14.9 Å². The molecule has 0 aliphatic carbocycles. The zero-order valence-corrected chi connectivity index (χ0v) is 10.6. The van der Waals surface area contributed by atoms with Crippen molar-refractivity contribution in [2.24, 2.45) is 0 Å². The first-order chi connectivity index (χ1) is 7.65. The van der Waals surface area contributed by atoms with Crippen molar-refractivity contribution in [1.29, 1.82) is 0 Å². The topological polar surface area (TPSA) is 58.1 Å². The highest BCUT2D eigenvalue weighted by molar-refractivity contribution is 9.10. The minimum Gasteiger partial charge on any atom is -0.365 e. The monoisotopic (exact) mass is 284 g/mol. The summed E-state index contributed by atoms with van der Waals surface area (Å²) in [7, 11) is 1.83. The van der Waals surface area contributed by atoms with Crippen LogP contribution in [-0.2, 0) is 4.79 Å². The van der Waals surface area contributed by atoms with Crippen molar-refractivity contribution in [3.05, 3.63) is 17.0 Å². The molecule has 1 atom stereocenters. The Balaban J connectivity index is 1.98. The zero-order valence-electron chi connectivity index (χ0n) is 8.98. The van der Waals surface area contributed by atoms with Gasteiger partial charge in [-0.05, 0) is 22.4 Å². The highest BCUT2D eigenvalue weighted by Crippen LogP contribution is 2.16. The van der Waals surface area contributed by atoms with E-state index in [0.29, 0.717) is 6.42 Å². The molecule has 1 N–H and O–H groups in total. The molecule has 2 heterocycles. The van der Waals surface area contributed by atoms with Crippen molar-refractivity contribution in [2.75, 3.05) is 18.9 Å². The number of likely N-dealkylation sites (N-methyl/N-ethyl adjacent to an activating group) is 1. The smallest absolute Gasteiger partial charge is 0.222 e. The number of amides is 1. The molecule has 1 aromatic rings. The van der Waals surface area contributed by atoms with E-state index < -0.39 is 0 Å². The number of likely N-dealkylation sites (tertiary alicyclic amines) is 1. The minimum atomic E-state index is 0.210. The van der Waals surface area contributed by atoms with Crippen LogP contribution in [0.3, 0.4) is 0 Å². The van der Waals surface area contributed by atoms with Crippen molar-refractivity contribution >= 4 is 27.7 Å². The van der Waals surface area contributed by atoms with Gasteiger partial charge in [-0.3, -0.25) is 4.79 Å². The van der Waals surface area contributed by atoms with Gasteiger partial charge in [0.1, 0.15) is 16.7 Å². The van der Waals surface area contributed by atoms with Crippen LogP contribution in [0.15, 0.2) is 17.0 Å². The Hall–Kier alpha value is -1.17. The Bertz CT molecular complexity index is 398. The van der Waals surface area contributed by atoms with E-state index in [2.05, 4.69) is 31.2 Å². The Labute approximate surface area is 102 Å². The summed E-state index contributed by atoms with van der Waals surface area (Å²) >= 11 is 3.29. The second kappa shape index (κ2) is 4.78. The molecule has 1 aromatic heterocycles. The maximum atomic E-state index is 11.3. The summed E-state index contributed by atoms with van der Waals surface area (Å²) < 4.78 is 0.755. The molecule has 0 bridgehead atoms. The molecule has 1 aliphatic heterocycles. The summed E-state index contributed by atoms with van der Waals surface area (Å²) in [5.74, 6) is 0.997. The van der Waals surface area contributed by atoms with Gasteiger partial charge < -0.3 is 10.2 Å². The number of piperidine rings is 1. The SMILES string of the molecule is CN1CC(Nc2cc(Br)ncn2)CCC1=O. The molecule has 1 saturated heterocycles. The standard InChI is InChI=1S/C10H13BrN4O/c1-15-5-7(2-3-10(15)16)14-9-4-8(11)12-6-13-9/h4,6-7H,2-3,5H2,1H3,(H,12,13,14). The fourth-order valence-electron chi connectivity index (χ4n) is 1.75. The van der Waals surface area contributed by atoms with Crippen LogP contribution in [0, 0.1) is 0 Å². The van der Waals surface area contributed by atoms with Crippen LogP contribution in [0.1, 0.15) is 12.8 Å². The van der Waals surface area contributed by atoms with Crippen LogP contribution < -0.4 is 5.32 Å². The Kier molecular flexibility index (Phi) is 3.38. The molecule has 0 saturated carbocycles. The predicted molar refractivity (Wildman–Crippen MR) is 64.0 cm³/mol. The van der Waals surface area contributed by atoms with E-state index in [4.69, 9.17) is 0 Å². The molecule has 86 valence electrons. The van der Waals surface area contributed by atoms with E-state index in [-0.39, 0.29) is 11.9 Å². The minimum absolute atomic E-state index is 0.210. The zero-order chi connectivity index (χ0) is 11.5. The molecular formula is C10H13BrN4O. The molecule has 0 radical (unpaired) electrons. The third-order valence-electron chi connectivity index (χ3n) is 2.61. The largest absolute Gasteiger partial charge is 0.365 e. The molecular weight excluding hydrogens is 272 g/mol. The summed E-state index contributed by atoms with van der Waals surface area (Å²) in [6.45, 7) is 0.723. The molecule has 1 fully saturated rings. The van der Waals surface area contributed by atoms with Crippen molar-refractivity contribution in [3.8, 4) is 0 Å². The third-order valence-corrected chi connectivity index (χ3v) is 3.05. The van der Waals surface area contributed by atoms with Crippen LogP contribution >= 0.6 is 15.9 Å². The average Bonchev–Trinajstić information content (AvgIpc) is 2.24. The van der Waals surface area contributed by atoms with Crippen LogP contribution in [0.2, 0.25) is 0 Å². The Morgan fingerprint density at radius 1 is 1.56 bits per heavy atom. The summed E-state index contributed by atoms with van der Waals surface area (Å²) in [6, 6.07) is 2.10. The average molecular weight is 285 g/mol. The molecule has 1 unspecified atom stereocenters. The van der Waals surface area contributed by atoms with Gasteiger partial charge in [0.2, 0.25) is 5.91 Å². The van der Waals surface area contributed by atoms with Crippen molar-refractivity contribution in [3.63, 3.8) is 0 Å². The van der Waals surface area contributed by atoms with Gasteiger partial charge in [-0.1, -0.05) is 0 Å². The molecule has 2 rings (SSSR count). The Morgan fingerprint density at radius 3 is 3.06 bits per heavy atom. The molecule has 16 heavy (non-hydrogen) atoms. The molecule has 6 heteroatoms. The van der Waals surface area contributed by atoms with Crippen molar-refractivity contribution in [2.45, 2.75) is 18.9 Å². The third kappa shape index (κ3) is 2.69. The second-order valence-corrected chi connectivity index (χ2v) is 4.69. The quantitative estimate of drug-likeness (QED) is 0.831. The first-order valence-corrected chi connectivity index (χ1v) is 5.92. The number of hydrogen-bond acceptors (Lipinski definition) is 4. The number of nitrogens with one attached hydrogen (secondary N) is 1. The highest BCUT2D eigenvalue weighted by Gasteiger charge is 2.22. The summed E-state index contributed by atoms with van der Waals surface area (Å²) in [5, 5.41) is 3.30. The van der Waals surface area contributed by atoms with Gasteiger partial charge in [0.05, 0.1) is 0 Å². The molecule has 5 nitrogen and oxygen atoms in total. The van der Waals surface area contributed by atoms with Gasteiger partial charge in [-0.2, -0.15) is 0 Å². The van der Waals surface area contributed by atoms with Crippen LogP contribution in [0.5, 0.6) is 0 Å². The molecule has 1 aliphatic rings. The summed E-state index contributed by atoms with van der Waals surface area (Å²) in [4.78, 5) is 21.1. The van der Waals surface area contributed by atoms with Gasteiger partial charge in [-0.15, -0.1) is 0 Å². The van der Waals surface area contributed by atoms with E-state index in [1.165, 1.54) is 6.33 Å². The lowest BCUT2D eigenvalue weighted by Gasteiger charge is -2.30. The van der Waals surface area contributed by atoms with Crippen LogP contribution in [-0.4, -0.2) is 40.4 Å². The molecule has 0 aromatic carbocycles. The van der Waals surface area contributed by atoms with Crippen LogP contribution in [0.25, 0.3) is 0 Å². The van der Waals surface area contributed by atoms with E-state index in [9.17, 15) is 4.79 Å². The molecule has 1 amide bonds. The number of aromatic nitrogens is 2. The van der Waals surface area contributed by atoms with Crippen LogP contribution in [0.4, 0.5) is 5.82 Å². The number of nitrogens with zero attached hydrogens (tertiary/aromatic N) is 3. The number of anilines is 1. The van der Waals surface area contributed by atoms with Gasteiger partial charge >= 0.3 is 0 Å². The van der Waals surface area contributed by atoms with Gasteiger partial charge in [0.15, 0.2) is 0 Å². The fourth-order valence-corrected chi connectivity index (χ4v) is 2.06. The number of hydrogen-bond donors (Lipinski definition) is 1. The highest BCUT2D eigenvalue weighted by atomic mass is 79.9. The lowest BCUT2D eigenvalue weighted by molar-refractivity contribution is -0.132. The van der Waals surface area contributed by atoms with Crippen molar-refractivity contribution < 1.29 is 4.79 Å². The van der Waals surface area contributed by atoms with E-state index in [1.807, 2.05) is 13.1 Å². The Morgan fingerprint density at radius 2 is 2.38 bits per heavy atom. The first kappa shape index (κ1) is 11.3. The number of carbonyl (C=O) groups is 1. The van der Waals surface area contributed by atoms with Gasteiger partial charge in [-0.25, -0.2) is 9.97 Å². The van der Waals surface area contributed by atoms with E-state index >= 15 is 0 Å².